The van der Waals surface area contributed by atoms with Crippen molar-refractivity contribution in [1.29, 1.82) is 0 Å². The molecule has 1 aliphatic rings. The van der Waals surface area contributed by atoms with Crippen molar-refractivity contribution in [2.75, 3.05) is 20.1 Å². The van der Waals surface area contributed by atoms with Crippen LogP contribution in [-0.2, 0) is 9.59 Å². The molecule has 1 heterocycles. The molecule has 1 saturated heterocycles. The summed E-state index contributed by atoms with van der Waals surface area (Å²) in [5, 5.41) is 0. The van der Waals surface area contributed by atoms with Crippen LogP contribution >= 0.6 is 0 Å². The maximum atomic E-state index is 11.8. The fraction of sp³-hybridized carbons (Fsp3) is 0.818. The average Bonchev–Trinajstić information content (AvgIpc) is 2.26. The van der Waals surface area contributed by atoms with Gasteiger partial charge in [0.1, 0.15) is 5.78 Å². The molecule has 0 bridgehead atoms. The van der Waals surface area contributed by atoms with E-state index >= 15 is 0 Å². The zero-order valence-electron chi connectivity index (χ0n) is 9.82. The number of rotatable bonds is 5. The molecule has 0 saturated carbocycles. The minimum Gasteiger partial charge on any atom is -0.368 e. The molecule has 16 heavy (non-hydrogen) atoms. The van der Waals surface area contributed by atoms with E-state index in [0.29, 0.717) is 12.8 Å². The summed E-state index contributed by atoms with van der Waals surface area (Å²) in [4.78, 5) is 24.7. The molecule has 4 N–H and O–H groups in total. The summed E-state index contributed by atoms with van der Waals surface area (Å²) >= 11 is 0. The molecule has 1 unspecified atom stereocenters. The lowest BCUT2D eigenvalue weighted by atomic mass is 9.90. The minimum absolute atomic E-state index is 0.149. The fourth-order valence-corrected chi connectivity index (χ4v) is 1.97. The standard InChI is InChI=1S/C11H21N3O2/c1-14-6-4-8(5-7-14)10(15)3-2-9(12)11(13)16/h8-9H,2-7,12H2,1H3,(H2,13,16). The van der Waals surface area contributed by atoms with Gasteiger partial charge in [-0.25, -0.2) is 0 Å². The van der Waals surface area contributed by atoms with Crippen LogP contribution in [0.4, 0.5) is 0 Å². The summed E-state index contributed by atoms with van der Waals surface area (Å²) in [5.41, 5.74) is 10.5. The van der Waals surface area contributed by atoms with Crippen LogP contribution in [0.3, 0.4) is 0 Å². The number of ketones is 1. The number of hydrogen-bond acceptors (Lipinski definition) is 4. The highest BCUT2D eigenvalue weighted by atomic mass is 16.1. The number of hydrogen-bond donors (Lipinski definition) is 2. The molecule has 5 heteroatoms. The van der Waals surface area contributed by atoms with Crippen molar-refractivity contribution >= 4 is 11.7 Å². The Bertz CT molecular complexity index is 260. The number of carbonyl (C=O) groups is 2. The molecule has 1 atom stereocenters. The number of amides is 1. The summed E-state index contributed by atoms with van der Waals surface area (Å²) in [6.45, 7) is 1.94. The van der Waals surface area contributed by atoms with Crippen molar-refractivity contribution in [1.82, 2.24) is 4.90 Å². The van der Waals surface area contributed by atoms with Gasteiger partial charge in [0, 0.05) is 12.3 Å². The van der Waals surface area contributed by atoms with Gasteiger partial charge in [-0.3, -0.25) is 9.59 Å². The van der Waals surface area contributed by atoms with Gasteiger partial charge in [-0.1, -0.05) is 0 Å². The van der Waals surface area contributed by atoms with Crippen LogP contribution in [0.2, 0.25) is 0 Å². The molecular weight excluding hydrogens is 206 g/mol. The number of nitrogens with zero attached hydrogens (tertiary/aromatic N) is 1. The lowest BCUT2D eigenvalue weighted by Crippen LogP contribution is -2.38. The zero-order chi connectivity index (χ0) is 12.1. The highest BCUT2D eigenvalue weighted by Crippen LogP contribution is 2.19. The third-order valence-electron chi connectivity index (χ3n) is 3.24. The third kappa shape index (κ3) is 3.90. The van der Waals surface area contributed by atoms with Crippen molar-refractivity contribution < 1.29 is 9.59 Å². The largest absolute Gasteiger partial charge is 0.368 e. The van der Waals surface area contributed by atoms with E-state index in [9.17, 15) is 9.59 Å². The molecule has 92 valence electrons. The summed E-state index contributed by atoms with van der Waals surface area (Å²) < 4.78 is 0. The summed E-state index contributed by atoms with van der Waals surface area (Å²) in [6, 6.07) is -0.685. The zero-order valence-corrected chi connectivity index (χ0v) is 9.82. The molecule has 1 aliphatic heterocycles. The topological polar surface area (TPSA) is 89.4 Å². The predicted molar refractivity (Wildman–Crippen MR) is 61.6 cm³/mol. The molecule has 1 amide bonds. The maximum Gasteiger partial charge on any atom is 0.234 e. The van der Waals surface area contributed by atoms with E-state index in [1.54, 1.807) is 0 Å². The monoisotopic (exact) mass is 227 g/mol. The second kappa shape index (κ2) is 5.96. The molecule has 1 fully saturated rings. The molecule has 0 aliphatic carbocycles. The number of nitrogens with two attached hydrogens (primary N) is 2. The number of carbonyl (C=O) groups excluding carboxylic acids is 2. The second-order valence-corrected chi connectivity index (χ2v) is 4.59. The first kappa shape index (κ1) is 13.1. The predicted octanol–water partition coefficient (Wildman–Crippen LogP) is -0.510. The van der Waals surface area contributed by atoms with E-state index in [1.165, 1.54) is 0 Å². The Balaban J connectivity index is 2.27. The molecular formula is C11H21N3O2. The Morgan fingerprint density at radius 3 is 2.44 bits per heavy atom. The summed E-state index contributed by atoms with van der Waals surface area (Å²) in [7, 11) is 2.06. The van der Waals surface area contributed by atoms with Crippen LogP contribution in [0, 0.1) is 5.92 Å². The van der Waals surface area contributed by atoms with E-state index in [2.05, 4.69) is 11.9 Å². The highest BCUT2D eigenvalue weighted by Gasteiger charge is 2.23. The van der Waals surface area contributed by atoms with Gasteiger partial charge in [0.2, 0.25) is 5.91 Å². The van der Waals surface area contributed by atoms with Crippen molar-refractivity contribution in [2.45, 2.75) is 31.7 Å². The SMILES string of the molecule is CN1CCC(C(=O)CCC(N)C(N)=O)CC1. The first-order valence-electron chi connectivity index (χ1n) is 5.77. The van der Waals surface area contributed by atoms with Crippen LogP contribution in [0.5, 0.6) is 0 Å². The average molecular weight is 227 g/mol. The molecule has 0 aromatic heterocycles. The quantitative estimate of drug-likeness (QED) is 0.662. The lowest BCUT2D eigenvalue weighted by Gasteiger charge is -2.28. The van der Waals surface area contributed by atoms with Gasteiger partial charge in [-0.05, 0) is 39.4 Å². The van der Waals surface area contributed by atoms with Crippen LogP contribution in [0.1, 0.15) is 25.7 Å². The van der Waals surface area contributed by atoms with Crippen molar-refractivity contribution in [3.8, 4) is 0 Å². The smallest absolute Gasteiger partial charge is 0.234 e. The van der Waals surface area contributed by atoms with Crippen LogP contribution in [0.15, 0.2) is 0 Å². The Morgan fingerprint density at radius 2 is 1.94 bits per heavy atom. The number of piperidine rings is 1. The van der Waals surface area contributed by atoms with E-state index in [1.807, 2.05) is 0 Å². The van der Waals surface area contributed by atoms with Gasteiger partial charge >= 0.3 is 0 Å². The Labute approximate surface area is 96.1 Å². The second-order valence-electron chi connectivity index (χ2n) is 4.59. The number of likely N-dealkylation sites (tertiary alicyclic amines) is 1. The molecule has 5 nitrogen and oxygen atoms in total. The van der Waals surface area contributed by atoms with Gasteiger partial charge in [-0.15, -0.1) is 0 Å². The van der Waals surface area contributed by atoms with Crippen molar-refractivity contribution in [3.05, 3.63) is 0 Å². The Morgan fingerprint density at radius 1 is 1.38 bits per heavy atom. The van der Waals surface area contributed by atoms with E-state index < -0.39 is 11.9 Å². The van der Waals surface area contributed by atoms with Crippen LogP contribution in [0.25, 0.3) is 0 Å². The van der Waals surface area contributed by atoms with Gasteiger partial charge in [0.25, 0.3) is 0 Å². The lowest BCUT2D eigenvalue weighted by molar-refractivity contribution is -0.124. The minimum atomic E-state index is -0.685. The number of Topliss-reactive ketones (excluding diaryl/α,β-unsaturated/α-hetero) is 1. The highest BCUT2D eigenvalue weighted by molar-refractivity contribution is 5.83. The first-order chi connectivity index (χ1) is 7.50. The summed E-state index contributed by atoms with van der Waals surface area (Å²) in [5.74, 6) is -0.155. The van der Waals surface area contributed by atoms with Gasteiger partial charge < -0.3 is 16.4 Å². The molecule has 0 radical (unpaired) electrons. The van der Waals surface area contributed by atoms with E-state index in [-0.39, 0.29) is 11.7 Å². The van der Waals surface area contributed by atoms with E-state index in [4.69, 9.17) is 11.5 Å². The maximum absolute atomic E-state index is 11.8. The normalized spacial score (nSPS) is 20.6. The van der Waals surface area contributed by atoms with Crippen molar-refractivity contribution in [2.24, 2.45) is 17.4 Å². The fourth-order valence-electron chi connectivity index (χ4n) is 1.97. The van der Waals surface area contributed by atoms with Gasteiger partial charge in [0.05, 0.1) is 6.04 Å². The van der Waals surface area contributed by atoms with Crippen LogP contribution < -0.4 is 11.5 Å². The molecule has 0 aromatic carbocycles. The van der Waals surface area contributed by atoms with Crippen LogP contribution in [-0.4, -0.2) is 42.8 Å². The number of primary amides is 1. The first-order valence-corrected chi connectivity index (χ1v) is 5.77. The summed E-state index contributed by atoms with van der Waals surface area (Å²) in [6.07, 6.45) is 2.58. The molecule has 0 aromatic rings. The van der Waals surface area contributed by atoms with E-state index in [0.717, 1.165) is 25.9 Å². The van der Waals surface area contributed by atoms with Gasteiger partial charge in [0.15, 0.2) is 0 Å². The Hall–Kier alpha value is -0.940. The molecule has 0 spiro atoms. The third-order valence-corrected chi connectivity index (χ3v) is 3.24. The van der Waals surface area contributed by atoms with Gasteiger partial charge in [-0.2, -0.15) is 0 Å². The Kier molecular flexibility index (Phi) is 4.89. The molecule has 1 rings (SSSR count). The van der Waals surface area contributed by atoms with Crippen molar-refractivity contribution in [3.63, 3.8) is 0 Å².